The third kappa shape index (κ3) is 2.00. The first kappa shape index (κ1) is 10.5. The van der Waals surface area contributed by atoms with Gasteiger partial charge in [0.05, 0.1) is 0 Å². The first-order valence-electron chi connectivity index (χ1n) is 4.34. The number of aromatic nitrogens is 2. The van der Waals surface area contributed by atoms with E-state index in [9.17, 15) is 4.39 Å². The predicted molar refractivity (Wildman–Crippen MR) is 50.3 cm³/mol. The van der Waals surface area contributed by atoms with Crippen molar-refractivity contribution in [3.05, 3.63) is 29.9 Å². The van der Waals surface area contributed by atoms with E-state index in [1.165, 1.54) is 12.1 Å². The number of hydrogen-bond donors (Lipinski definition) is 2. The molecule has 7 heteroatoms. The normalized spacial score (nSPS) is 10.6. The summed E-state index contributed by atoms with van der Waals surface area (Å²) in [6, 6.07) is 3.78. The second-order valence-electron chi connectivity index (χ2n) is 2.99. The summed E-state index contributed by atoms with van der Waals surface area (Å²) in [6.45, 7) is -0.0203. The molecule has 6 nitrogen and oxygen atoms in total. The monoisotopic (exact) mass is 225 g/mol. The van der Waals surface area contributed by atoms with Crippen LogP contribution < -0.4 is 5.90 Å². The van der Waals surface area contributed by atoms with E-state index in [0.29, 0.717) is 5.56 Å². The highest BCUT2D eigenvalue weighted by atomic mass is 19.1. The van der Waals surface area contributed by atoms with Crippen molar-refractivity contribution in [2.45, 2.75) is 6.61 Å². The Bertz CT molecular complexity index is 500. The number of hydrogen-bond acceptors (Lipinski definition) is 6. The summed E-state index contributed by atoms with van der Waals surface area (Å²) in [7, 11) is 0. The molecular formula is C9H8FN3O3. The lowest BCUT2D eigenvalue weighted by molar-refractivity contribution is 0.0996. The molecule has 0 aliphatic carbocycles. The zero-order valence-electron chi connectivity index (χ0n) is 8.05. The smallest absolute Gasteiger partial charge is 0.255 e. The molecule has 1 heterocycles. The van der Waals surface area contributed by atoms with E-state index < -0.39 is 11.6 Å². The fraction of sp³-hybridized carbons (Fsp3) is 0.111. The number of nitrogens with two attached hydrogens (primary N) is 1. The lowest BCUT2D eigenvalue weighted by Crippen LogP contribution is -1.98. The van der Waals surface area contributed by atoms with Gasteiger partial charge in [-0.25, -0.2) is 10.3 Å². The molecule has 84 valence electrons. The summed E-state index contributed by atoms with van der Waals surface area (Å²) in [5.41, 5.74) is 0.391. The molecule has 0 bridgehead atoms. The molecule has 0 aliphatic rings. The van der Waals surface area contributed by atoms with Gasteiger partial charge in [0.2, 0.25) is 5.82 Å². The molecule has 0 radical (unpaired) electrons. The maximum absolute atomic E-state index is 13.0. The number of aromatic hydroxyl groups is 1. The Morgan fingerprint density at radius 3 is 3.00 bits per heavy atom. The Morgan fingerprint density at radius 1 is 1.50 bits per heavy atom. The summed E-state index contributed by atoms with van der Waals surface area (Å²) >= 11 is 0. The SMILES string of the molecule is NOCc1nc(-c2ccc(O)c(F)c2)no1. The summed E-state index contributed by atoms with van der Waals surface area (Å²) in [6.07, 6.45) is 0. The predicted octanol–water partition coefficient (Wildman–Crippen LogP) is 0.972. The molecule has 1 aromatic heterocycles. The molecule has 0 saturated heterocycles. The van der Waals surface area contributed by atoms with Crippen molar-refractivity contribution < 1.29 is 18.9 Å². The van der Waals surface area contributed by atoms with Crippen LogP contribution in [0.4, 0.5) is 4.39 Å². The van der Waals surface area contributed by atoms with Gasteiger partial charge in [-0.2, -0.15) is 4.98 Å². The molecule has 0 amide bonds. The molecule has 0 unspecified atom stereocenters. The fourth-order valence-electron chi connectivity index (χ4n) is 1.15. The van der Waals surface area contributed by atoms with E-state index >= 15 is 0 Å². The van der Waals surface area contributed by atoms with Gasteiger partial charge in [0.25, 0.3) is 5.89 Å². The minimum Gasteiger partial charge on any atom is -0.505 e. The first-order valence-corrected chi connectivity index (χ1v) is 4.34. The lowest BCUT2D eigenvalue weighted by Gasteiger charge is -1.96. The van der Waals surface area contributed by atoms with Crippen LogP contribution in [0.25, 0.3) is 11.4 Å². The van der Waals surface area contributed by atoms with E-state index in [1.807, 2.05) is 0 Å². The van der Waals surface area contributed by atoms with Crippen LogP contribution in [0.1, 0.15) is 5.89 Å². The van der Waals surface area contributed by atoms with Crippen molar-refractivity contribution in [3.63, 3.8) is 0 Å². The topological polar surface area (TPSA) is 94.4 Å². The van der Waals surface area contributed by atoms with Crippen LogP contribution in [-0.4, -0.2) is 15.2 Å². The minimum absolute atomic E-state index is 0.0203. The van der Waals surface area contributed by atoms with Crippen LogP contribution in [0.5, 0.6) is 5.75 Å². The van der Waals surface area contributed by atoms with E-state index in [-0.39, 0.29) is 18.3 Å². The van der Waals surface area contributed by atoms with Gasteiger partial charge in [-0.15, -0.1) is 0 Å². The average molecular weight is 225 g/mol. The van der Waals surface area contributed by atoms with Crippen LogP contribution in [0.2, 0.25) is 0 Å². The van der Waals surface area contributed by atoms with Gasteiger partial charge in [0.15, 0.2) is 11.6 Å². The number of halogens is 1. The largest absolute Gasteiger partial charge is 0.505 e. The molecule has 0 saturated carbocycles. The highest BCUT2D eigenvalue weighted by molar-refractivity contribution is 5.55. The number of rotatable bonds is 3. The minimum atomic E-state index is -0.751. The third-order valence-electron chi connectivity index (χ3n) is 1.88. The van der Waals surface area contributed by atoms with Crippen molar-refractivity contribution in [2.75, 3.05) is 0 Å². The van der Waals surface area contributed by atoms with Gasteiger partial charge >= 0.3 is 0 Å². The molecule has 0 spiro atoms. The van der Waals surface area contributed by atoms with Crippen LogP contribution in [0.15, 0.2) is 22.7 Å². The zero-order chi connectivity index (χ0) is 11.5. The first-order chi connectivity index (χ1) is 7.70. The second kappa shape index (κ2) is 4.25. The molecule has 2 rings (SSSR count). The molecule has 0 atom stereocenters. The van der Waals surface area contributed by atoms with E-state index in [2.05, 4.69) is 15.0 Å². The van der Waals surface area contributed by atoms with Crippen molar-refractivity contribution in [1.29, 1.82) is 0 Å². The van der Waals surface area contributed by atoms with Crippen LogP contribution >= 0.6 is 0 Å². The highest BCUT2D eigenvalue weighted by Crippen LogP contribution is 2.22. The van der Waals surface area contributed by atoms with E-state index in [1.54, 1.807) is 0 Å². The van der Waals surface area contributed by atoms with Crippen LogP contribution in [0, 0.1) is 5.82 Å². The lowest BCUT2D eigenvalue weighted by atomic mass is 10.2. The third-order valence-corrected chi connectivity index (χ3v) is 1.88. The van der Waals surface area contributed by atoms with Crippen molar-refractivity contribution in [2.24, 2.45) is 5.90 Å². The van der Waals surface area contributed by atoms with Gasteiger partial charge in [-0.1, -0.05) is 5.16 Å². The average Bonchev–Trinajstić information content (AvgIpc) is 2.71. The molecule has 0 aliphatic heterocycles. The van der Waals surface area contributed by atoms with Gasteiger partial charge in [-0.05, 0) is 18.2 Å². The molecule has 0 fully saturated rings. The fourth-order valence-corrected chi connectivity index (χ4v) is 1.15. The summed E-state index contributed by atoms with van der Waals surface area (Å²) in [4.78, 5) is 8.22. The van der Waals surface area contributed by atoms with Gasteiger partial charge in [0, 0.05) is 5.56 Å². The molecule has 1 aromatic carbocycles. The number of nitrogens with zero attached hydrogens (tertiary/aromatic N) is 2. The summed E-state index contributed by atoms with van der Waals surface area (Å²) < 4.78 is 17.8. The zero-order valence-corrected chi connectivity index (χ0v) is 8.05. The van der Waals surface area contributed by atoms with Crippen molar-refractivity contribution in [3.8, 4) is 17.1 Å². The quantitative estimate of drug-likeness (QED) is 0.756. The van der Waals surface area contributed by atoms with Gasteiger partial charge in [-0.3, -0.25) is 4.84 Å². The van der Waals surface area contributed by atoms with Crippen molar-refractivity contribution in [1.82, 2.24) is 10.1 Å². The van der Waals surface area contributed by atoms with E-state index in [0.717, 1.165) is 6.07 Å². The molecule has 2 aromatic rings. The second-order valence-corrected chi connectivity index (χ2v) is 2.99. The summed E-state index contributed by atoms with van der Waals surface area (Å²) in [5.74, 6) is 4.03. The Kier molecular flexibility index (Phi) is 2.80. The Morgan fingerprint density at radius 2 is 2.31 bits per heavy atom. The maximum Gasteiger partial charge on any atom is 0.255 e. The highest BCUT2D eigenvalue weighted by Gasteiger charge is 2.10. The van der Waals surface area contributed by atoms with Gasteiger partial charge in [0.1, 0.15) is 6.61 Å². The Hall–Kier alpha value is -1.99. The van der Waals surface area contributed by atoms with Crippen LogP contribution in [0.3, 0.4) is 0 Å². The van der Waals surface area contributed by atoms with Crippen LogP contribution in [-0.2, 0) is 11.4 Å². The number of benzene rings is 1. The standard InChI is InChI=1S/C9H8FN3O3/c10-6-3-5(1-2-7(6)14)9-12-8(4-15-11)16-13-9/h1-3,14H,4,11H2. The molecule has 3 N–H and O–H groups in total. The number of phenolic OH excluding ortho intramolecular Hbond substituents is 1. The number of phenols is 1. The molecular weight excluding hydrogens is 217 g/mol. The Balaban J connectivity index is 2.31. The van der Waals surface area contributed by atoms with Crippen molar-refractivity contribution >= 4 is 0 Å². The molecule has 16 heavy (non-hydrogen) atoms. The van der Waals surface area contributed by atoms with E-state index in [4.69, 9.17) is 15.5 Å². The van der Waals surface area contributed by atoms with Gasteiger partial charge < -0.3 is 9.63 Å². The summed E-state index contributed by atoms with van der Waals surface area (Å²) in [5, 5.41) is 12.6. The Labute approximate surface area is 89.4 Å². The maximum atomic E-state index is 13.0.